The van der Waals surface area contributed by atoms with Gasteiger partial charge in [-0.25, -0.2) is 0 Å². The fourth-order valence-corrected chi connectivity index (χ4v) is 1.67. The van der Waals surface area contributed by atoms with Crippen molar-refractivity contribution in [2.75, 3.05) is 27.3 Å². The normalized spacial score (nSPS) is 11.2. The predicted octanol–water partition coefficient (Wildman–Crippen LogP) is 1.97. The minimum atomic E-state index is -4.39. The van der Waals surface area contributed by atoms with Crippen molar-refractivity contribution in [2.45, 2.75) is 19.1 Å². The Morgan fingerprint density at radius 2 is 1.78 bits per heavy atom. The Bertz CT molecular complexity index is 528. The second-order valence-electron chi connectivity index (χ2n) is 5.09. The molecule has 0 fully saturated rings. The molecule has 0 saturated heterocycles. The molecule has 2 amide bonds. The van der Waals surface area contributed by atoms with Crippen LogP contribution < -0.4 is 5.32 Å². The van der Waals surface area contributed by atoms with Crippen LogP contribution in [-0.4, -0.2) is 50.2 Å². The Morgan fingerprint density at radius 3 is 2.30 bits per heavy atom. The molecule has 0 aliphatic carbocycles. The van der Waals surface area contributed by atoms with E-state index in [9.17, 15) is 22.8 Å². The first kappa shape index (κ1) is 19.0. The zero-order valence-electron chi connectivity index (χ0n) is 12.9. The molecule has 0 saturated carbocycles. The number of alkyl halides is 3. The van der Waals surface area contributed by atoms with E-state index in [1.165, 1.54) is 4.90 Å². The molecule has 0 atom stereocenters. The summed E-state index contributed by atoms with van der Waals surface area (Å²) in [5.41, 5.74) is 1.32. The average Bonchev–Trinajstić information content (AvgIpc) is 2.48. The molecule has 8 heteroatoms. The van der Waals surface area contributed by atoms with Crippen molar-refractivity contribution in [1.82, 2.24) is 10.2 Å². The minimum Gasteiger partial charge on any atom is -0.372 e. The van der Waals surface area contributed by atoms with E-state index in [0.717, 1.165) is 5.56 Å². The first-order valence-electron chi connectivity index (χ1n) is 6.91. The Morgan fingerprint density at radius 1 is 1.17 bits per heavy atom. The summed E-state index contributed by atoms with van der Waals surface area (Å²) < 4.78 is 39.9. The van der Waals surface area contributed by atoms with E-state index in [2.05, 4.69) is 10.1 Å². The average molecular weight is 332 g/mol. The molecule has 0 spiro atoms. The number of hydrogen-bond donors (Lipinski definition) is 1. The van der Waals surface area contributed by atoms with Crippen molar-refractivity contribution in [3.63, 3.8) is 0 Å². The topological polar surface area (TPSA) is 58.6 Å². The quantitative estimate of drug-likeness (QED) is 0.777. The van der Waals surface area contributed by atoms with Gasteiger partial charge in [0.05, 0.1) is 6.61 Å². The third-order valence-corrected chi connectivity index (χ3v) is 2.84. The Hall–Kier alpha value is -2.09. The molecule has 1 aromatic rings. The van der Waals surface area contributed by atoms with Gasteiger partial charge >= 0.3 is 6.18 Å². The Kier molecular flexibility index (Phi) is 7.02. The molecule has 1 aromatic carbocycles. The molecule has 23 heavy (non-hydrogen) atoms. The van der Waals surface area contributed by atoms with Gasteiger partial charge in [0.1, 0.15) is 6.61 Å². The highest BCUT2D eigenvalue weighted by Gasteiger charge is 2.27. The highest BCUT2D eigenvalue weighted by Crippen LogP contribution is 2.14. The van der Waals surface area contributed by atoms with E-state index in [1.54, 1.807) is 38.4 Å². The molecule has 0 heterocycles. The van der Waals surface area contributed by atoms with Gasteiger partial charge < -0.3 is 15.0 Å². The lowest BCUT2D eigenvalue weighted by Gasteiger charge is -2.11. The van der Waals surface area contributed by atoms with Gasteiger partial charge in [0.2, 0.25) is 5.91 Å². The van der Waals surface area contributed by atoms with E-state index < -0.39 is 18.7 Å². The monoisotopic (exact) mass is 332 g/mol. The zero-order chi connectivity index (χ0) is 17.5. The SMILES string of the molecule is CN(C)C(=O)c1ccc(CNC(=O)CCOCC(F)(F)F)cc1. The largest absolute Gasteiger partial charge is 0.411 e. The van der Waals surface area contributed by atoms with Crippen LogP contribution in [0.2, 0.25) is 0 Å². The number of nitrogens with one attached hydrogen (secondary N) is 1. The molecule has 0 aromatic heterocycles. The van der Waals surface area contributed by atoms with Gasteiger partial charge in [0.15, 0.2) is 0 Å². The molecule has 0 aliphatic rings. The van der Waals surface area contributed by atoms with Crippen LogP contribution in [0.3, 0.4) is 0 Å². The van der Waals surface area contributed by atoms with Crippen LogP contribution in [0, 0.1) is 0 Å². The van der Waals surface area contributed by atoms with Gasteiger partial charge in [-0.2, -0.15) is 13.2 Å². The smallest absolute Gasteiger partial charge is 0.372 e. The van der Waals surface area contributed by atoms with E-state index in [1.807, 2.05) is 0 Å². The van der Waals surface area contributed by atoms with Crippen LogP contribution in [0.1, 0.15) is 22.3 Å². The van der Waals surface area contributed by atoms with Gasteiger partial charge in [0, 0.05) is 32.6 Å². The number of benzene rings is 1. The van der Waals surface area contributed by atoms with Crippen molar-refractivity contribution in [3.05, 3.63) is 35.4 Å². The fourth-order valence-electron chi connectivity index (χ4n) is 1.67. The Balaban J connectivity index is 2.32. The van der Waals surface area contributed by atoms with E-state index >= 15 is 0 Å². The standard InChI is InChI=1S/C15H19F3N2O3/c1-20(2)14(22)12-5-3-11(4-6-12)9-19-13(21)7-8-23-10-15(16,17)18/h3-6H,7-10H2,1-2H3,(H,19,21). The number of carbonyl (C=O) groups is 2. The lowest BCUT2D eigenvalue weighted by atomic mass is 10.1. The van der Waals surface area contributed by atoms with Gasteiger partial charge in [0.25, 0.3) is 5.91 Å². The van der Waals surface area contributed by atoms with Crippen molar-refractivity contribution in [1.29, 1.82) is 0 Å². The third-order valence-electron chi connectivity index (χ3n) is 2.84. The summed E-state index contributed by atoms with van der Waals surface area (Å²) in [6.07, 6.45) is -4.53. The first-order valence-corrected chi connectivity index (χ1v) is 6.91. The number of hydrogen-bond acceptors (Lipinski definition) is 3. The van der Waals surface area contributed by atoms with Crippen molar-refractivity contribution in [3.8, 4) is 0 Å². The fraction of sp³-hybridized carbons (Fsp3) is 0.467. The number of carbonyl (C=O) groups excluding carboxylic acids is 2. The first-order chi connectivity index (χ1) is 10.7. The second kappa shape index (κ2) is 8.52. The van der Waals surface area contributed by atoms with Crippen molar-refractivity contribution >= 4 is 11.8 Å². The molecule has 0 bridgehead atoms. The lowest BCUT2D eigenvalue weighted by molar-refractivity contribution is -0.174. The summed E-state index contributed by atoms with van der Waals surface area (Å²) >= 11 is 0. The molecule has 128 valence electrons. The van der Waals surface area contributed by atoms with Crippen molar-refractivity contribution < 1.29 is 27.5 Å². The van der Waals surface area contributed by atoms with Gasteiger partial charge in [-0.05, 0) is 17.7 Å². The third kappa shape index (κ3) is 7.64. The summed E-state index contributed by atoms with van der Waals surface area (Å²) in [5, 5.41) is 2.57. The summed E-state index contributed by atoms with van der Waals surface area (Å²) in [7, 11) is 3.30. The molecule has 0 radical (unpaired) electrons. The van der Waals surface area contributed by atoms with E-state index in [-0.39, 0.29) is 25.5 Å². The summed E-state index contributed by atoms with van der Waals surface area (Å²) in [6.45, 7) is -1.42. The summed E-state index contributed by atoms with van der Waals surface area (Å²) in [6, 6.07) is 6.71. The maximum atomic E-state index is 11.8. The minimum absolute atomic E-state index is 0.123. The lowest BCUT2D eigenvalue weighted by Crippen LogP contribution is -2.25. The van der Waals surface area contributed by atoms with Gasteiger partial charge in [-0.15, -0.1) is 0 Å². The Labute approximate surface area is 132 Å². The number of halogens is 3. The number of ether oxygens (including phenoxy) is 1. The molecule has 1 N–H and O–H groups in total. The number of nitrogens with zero attached hydrogens (tertiary/aromatic N) is 1. The molecular formula is C15H19F3N2O3. The predicted molar refractivity (Wildman–Crippen MR) is 77.8 cm³/mol. The number of rotatable bonds is 7. The molecule has 0 unspecified atom stereocenters. The summed E-state index contributed by atoms with van der Waals surface area (Å²) in [4.78, 5) is 24.6. The zero-order valence-corrected chi connectivity index (χ0v) is 12.9. The maximum Gasteiger partial charge on any atom is 0.411 e. The van der Waals surface area contributed by atoms with Crippen LogP contribution in [0.4, 0.5) is 13.2 Å². The second-order valence-corrected chi connectivity index (χ2v) is 5.09. The van der Waals surface area contributed by atoms with Crippen LogP contribution in [0.25, 0.3) is 0 Å². The van der Waals surface area contributed by atoms with Crippen LogP contribution in [0.15, 0.2) is 24.3 Å². The maximum absolute atomic E-state index is 11.8. The van der Waals surface area contributed by atoms with Crippen LogP contribution in [-0.2, 0) is 16.1 Å². The molecular weight excluding hydrogens is 313 g/mol. The number of amides is 2. The van der Waals surface area contributed by atoms with Gasteiger partial charge in [-0.3, -0.25) is 9.59 Å². The van der Waals surface area contributed by atoms with Crippen LogP contribution in [0.5, 0.6) is 0 Å². The highest BCUT2D eigenvalue weighted by molar-refractivity contribution is 5.93. The van der Waals surface area contributed by atoms with E-state index in [4.69, 9.17) is 0 Å². The highest BCUT2D eigenvalue weighted by atomic mass is 19.4. The van der Waals surface area contributed by atoms with Crippen molar-refractivity contribution in [2.24, 2.45) is 0 Å². The van der Waals surface area contributed by atoms with Gasteiger partial charge in [-0.1, -0.05) is 12.1 Å². The van der Waals surface area contributed by atoms with Crippen LogP contribution >= 0.6 is 0 Å². The molecule has 0 aliphatic heterocycles. The molecule has 5 nitrogen and oxygen atoms in total. The van der Waals surface area contributed by atoms with E-state index in [0.29, 0.717) is 5.56 Å². The molecule has 1 rings (SSSR count). The summed E-state index contributed by atoms with van der Waals surface area (Å²) in [5.74, 6) is -0.525.